The Morgan fingerprint density at radius 3 is 2.81 bits per heavy atom. The Balaban J connectivity index is 1.63. The topological polar surface area (TPSA) is 92.7 Å². The summed E-state index contributed by atoms with van der Waals surface area (Å²) in [5.41, 5.74) is 0.715. The number of hydrogen-bond donors (Lipinski definition) is 0. The second-order valence-electron chi connectivity index (χ2n) is 4.98. The molecule has 2 aliphatic heterocycles. The monoisotopic (exact) mass is 310 g/mol. The average Bonchev–Trinajstić information content (AvgIpc) is 2.98. The van der Waals surface area contributed by atoms with Gasteiger partial charge < -0.3 is 9.64 Å². The second kappa shape index (κ2) is 5.40. The van der Waals surface area contributed by atoms with E-state index in [0.29, 0.717) is 30.1 Å². The molecular weight excluding hydrogens is 296 g/mol. The van der Waals surface area contributed by atoms with Crippen molar-refractivity contribution in [2.45, 2.75) is 25.8 Å². The van der Waals surface area contributed by atoms with Crippen LogP contribution in [0.5, 0.6) is 0 Å². The SMILES string of the molecule is CCCc1nnsc1C(=O)N1CC(N2C(=O)COC2=O)C1. The Morgan fingerprint density at radius 2 is 2.19 bits per heavy atom. The van der Waals surface area contributed by atoms with Gasteiger partial charge in [0.05, 0.1) is 11.7 Å². The molecule has 21 heavy (non-hydrogen) atoms. The van der Waals surface area contributed by atoms with E-state index in [4.69, 9.17) is 0 Å². The van der Waals surface area contributed by atoms with Gasteiger partial charge in [-0.3, -0.25) is 9.59 Å². The minimum atomic E-state index is -0.622. The first-order valence-corrected chi connectivity index (χ1v) is 7.48. The lowest BCUT2D eigenvalue weighted by Gasteiger charge is -2.41. The molecule has 0 saturated carbocycles. The predicted molar refractivity (Wildman–Crippen MR) is 71.8 cm³/mol. The molecule has 0 atom stereocenters. The van der Waals surface area contributed by atoms with Crippen molar-refractivity contribution in [3.8, 4) is 0 Å². The van der Waals surface area contributed by atoms with Gasteiger partial charge in [-0.15, -0.1) is 5.10 Å². The van der Waals surface area contributed by atoms with Gasteiger partial charge in [-0.05, 0) is 18.0 Å². The number of ether oxygens (including phenoxy) is 1. The maximum Gasteiger partial charge on any atom is 0.417 e. The number of carbonyl (C=O) groups is 3. The van der Waals surface area contributed by atoms with Gasteiger partial charge in [0.15, 0.2) is 6.61 Å². The van der Waals surface area contributed by atoms with Gasteiger partial charge >= 0.3 is 6.09 Å². The highest BCUT2D eigenvalue weighted by Gasteiger charge is 2.44. The summed E-state index contributed by atoms with van der Waals surface area (Å²) in [5, 5.41) is 3.97. The summed E-state index contributed by atoms with van der Waals surface area (Å²) in [7, 11) is 0. The summed E-state index contributed by atoms with van der Waals surface area (Å²) in [5.74, 6) is -0.479. The molecule has 3 amide bonds. The lowest BCUT2D eigenvalue weighted by Crippen LogP contribution is -2.62. The number of carbonyl (C=O) groups excluding carboxylic acids is 3. The van der Waals surface area contributed by atoms with Gasteiger partial charge in [0.2, 0.25) is 0 Å². The molecule has 0 spiro atoms. The average molecular weight is 310 g/mol. The molecule has 0 aromatic carbocycles. The molecule has 2 fully saturated rings. The largest absolute Gasteiger partial charge is 0.439 e. The molecule has 9 heteroatoms. The molecule has 2 aliphatic rings. The minimum Gasteiger partial charge on any atom is -0.439 e. The fraction of sp³-hybridized carbons (Fsp3) is 0.583. The first-order valence-electron chi connectivity index (χ1n) is 6.71. The molecular formula is C12H14N4O4S. The van der Waals surface area contributed by atoms with Crippen LogP contribution in [0.1, 0.15) is 28.7 Å². The van der Waals surface area contributed by atoms with Crippen LogP contribution in [0.15, 0.2) is 0 Å². The van der Waals surface area contributed by atoms with E-state index in [1.54, 1.807) is 4.90 Å². The summed E-state index contributed by atoms with van der Waals surface area (Å²) >= 11 is 1.09. The second-order valence-corrected chi connectivity index (χ2v) is 5.74. The van der Waals surface area contributed by atoms with Crippen molar-refractivity contribution in [3.05, 3.63) is 10.6 Å². The smallest absolute Gasteiger partial charge is 0.417 e. The molecule has 3 rings (SSSR count). The van der Waals surface area contributed by atoms with Crippen molar-refractivity contribution < 1.29 is 19.1 Å². The van der Waals surface area contributed by atoms with Crippen LogP contribution in [0.4, 0.5) is 4.79 Å². The zero-order chi connectivity index (χ0) is 15.0. The van der Waals surface area contributed by atoms with Crippen LogP contribution in [-0.4, -0.2) is 63.0 Å². The fourth-order valence-electron chi connectivity index (χ4n) is 2.42. The maximum atomic E-state index is 12.3. The summed E-state index contributed by atoms with van der Waals surface area (Å²) in [6, 6.07) is -0.285. The third kappa shape index (κ3) is 2.37. The Bertz CT molecular complexity index is 580. The number of nitrogens with zero attached hydrogens (tertiary/aromatic N) is 4. The van der Waals surface area contributed by atoms with Crippen molar-refractivity contribution in [1.29, 1.82) is 0 Å². The molecule has 0 aliphatic carbocycles. The van der Waals surface area contributed by atoms with Gasteiger partial charge in [-0.25, -0.2) is 9.69 Å². The third-order valence-electron chi connectivity index (χ3n) is 3.54. The Labute approximate surface area is 124 Å². The Morgan fingerprint density at radius 1 is 1.43 bits per heavy atom. The standard InChI is InChI=1S/C12H14N4O4S/c1-2-3-8-10(21-14-13-8)11(18)15-4-7(5-15)16-9(17)6-20-12(16)19/h7H,2-6H2,1H3. The van der Waals surface area contributed by atoms with Crippen LogP contribution in [0.25, 0.3) is 0 Å². The fourth-order valence-corrected chi connectivity index (χ4v) is 3.09. The first kappa shape index (κ1) is 13.9. The van der Waals surface area contributed by atoms with E-state index in [0.717, 1.165) is 22.9 Å². The number of amides is 3. The highest BCUT2D eigenvalue weighted by molar-refractivity contribution is 7.08. The number of rotatable bonds is 4. The van der Waals surface area contributed by atoms with E-state index in [9.17, 15) is 14.4 Å². The molecule has 8 nitrogen and oxygen atoms in total. The van der Waals surface area contributed by atoms with Gasteiger partial charge in [0.1, 0.15) is 4.88 Å². The summed E-state index contributed by atoms with van der Waals surface area (Å²) in [4.78, 5) is 38.5. The molecule has 0 bridgehead atoms. The third-order valence-corrected chi connectivity index (χ3v) is 4.29. The molecule has 0 radical (unpaired) electrons. The molecule has 112 valence electrons. The first-order chi connectivity index (χ1) is 10.1. The summed E-state index contributed by atoms with van der Waals surface area (Å²) in [6.45, 7) is 2.48. The molecule has 3 heterocycles. The van der Waals surface area contributed by atoms with Crippen LogP contribution < -0.4 is 0 Å². The quantitative estimate of drug-likeness (QED) is 0.794. The van der Waals surface area contributed by atoms with E-state index >= 15 is 0 Å². The van der Waals surface area contributed by atoms with E-state index < -0.39 is 6.09 Å². The lowest BCUT2D eigenvalue weighted by molar-refractivity contribution is -0.129. The molecule has 1 aromatic heterocycles. The number of aryl methyl sites for hydroxylation is 1. The zero-order valence-corrected chi connectivity index (χ0v) is 12.3. The van der Waals surface area contributed by atoms with Crippen molar-refractivity contribution in [2.24, 2.45) is 0 Å². The Kier molecular flexibility index (Phi) is 3.58. The number of aromatic nitrogens is 2. The van der Waals surface area contributed by atoms with Crippen LogP contribution in [0.3, 0.4) is 0 Å². The molecule has 2 saturated heterocycles. The zero-order valence-electron chi connectivity index (χ0n) is 11.4. The van der Waals surface area contributed by atoms with Crippen molar-refractivity contribution in [1.82, 2.24) is 19.4 Å². The van der Waals surface area contributed by atoms with Crippen LogP contribution in [-0.2, 0) is 16.0 Å². The minimum absolute atomic E-state index is 0.135. The molecule has 1 aromatic rings. The van der Waals surface area contributed by atoms with Crippen molar-refractivity contribution >= 4 is 29.4 Å². The molecule has 0 unspecified atom stereocenters. The van der Waals surface area contributed by atoms with Gasteiger partial charge in [0, 0.05) is 13.1 Å². The van der Waals surface area contributed by atoms with E-state index in [2.05, 4.69) is 14.3 Å². The number of likely N-dealkylation sites (tertiary alicyclic amines) is 1. The van der Waals surface area contributed by atoms with Crippen LogP contribution in [0.2, 0.25) is 0 Å². The van der Waals surface area contributed by atoms with Crippen LogP contribution >= 0.6 is 11.5 Å². The maximum absolute atomic E-state index is 12.3. The molecule has 0 N–H and O–H groups in total. The van der Waals surface area contributed by atoms with Crippen LogP contribution in [0, 0.1) is 0 Å². The number of cyclic esters (lactones) is 1. The highest BCUT2D eigenvalue weighted by Crippen LogP contribution is 2.23. The lowest BCUT2D eigenvalue weighted by atomic mass is 10.1. The normalized spacial score (nSPS) is 18.9. The summed E-state index contributed by atoms with van der Waals surface area (Å²) in [6.07, 6.45) is 0.983. The Hall–Kier alpha value is -2.03. The van der Waals surface area contributed by atoms with E-state index in [-0.39, 0.29) is 24.5 Å². The van der Waals surface area contributed by atoms with E-state index in [1.807, 2.05) is 6.92 Å². The van der Waals surface area contributed by atoms with Gasteiger partial charge in [0.25, 0.3) is 11.8 Å². The summed E-state index contributed by atoms with van der Waals surface area (Å²) < 4.78 is 8.50. The predicted octanol–water partition coefficient (Wildman–Crippen LogP) is 0.294. The van der Waals surface area contributed by atoms with Crippen molar-refractivity contribution in [3.63, 3.8) is 0 Å². The number of hydrogen-bond acceptors (Lipinski definition) is 7. The number of imide groups is 1. The van der Waals surface area contributed by atoms with Gasteiger partial charge in [-0.2, -0.15) is 0 Å². The van der Waals surface area contributed by atoms with E-state index in [1.165, 1.54) is 0 Å². The highest BCUT2D eigenvalue weighted by atomic mass is 32.1. The van der Waals surface area contributed by atoms with Crippen molar-refractivity contribution in [2.75, 3.05) is 19.7 Å². The van der Waals surface area contributed by atoms with Gasteiger partial charge in [-0.1, -0.05) is 17.8 Å².